The van der Waals surface area contributed by atoms with Crippen LogP contribution in [0, 0.1) is 5.82 Å². The van der Waals surface area contributed by atoms with Gasteiger partial charge < -0.3 is 20.4 Å². The number of hydrogen-bond acceptors (Lipinski definition) is 4. The Kier molecular flexibility index (Phi) is 6.98. The number of anilines is 2. The third-order valence-corrected chi connectivity index (χ3v) is 5.77. The molecule has 0 aromatic heterocycles. The quantitative estimate of drug-likeness (QED) is 0.499. The molecule has 3 aromatic carbocycles. The van der Waals surface area contributed by atoms with Crippen LogP contribution in [0.1, 0.15) is 22.3 Å². The summed E-state index contributed by atoms with van der Waals surface area (Å²) in [6, 6.07) is 19.9. The van der Waals surface area contributed by atoms with E-state index in [1.54, 1.807) is 25.1 Å². The van der Waals surface area contributed by atoms with Crippen molar-refractivity contribution in [1.82, 2.24) is 9.80 Å². The van der Waals surface area contributed by atoms with Crippen LogP contribution in [0.3, 0.4) is 0 Å². The molecule has 6 nitrogen and oxygen atoms in total. The smallest absolute Gasteiger partial charge is 0.258 e. The highest BCUT2D eigenvalue weighted by atomic mass is 19.1. The largest absolute Gasteiger partial charge is 0.354 e. The number of amides is 2. The van der Waals surface area contributed by atoms with Gasteiger partial charge in [-0.3, -0.25) is 9.59 Å². The molecule has 1 aliphatic rings. The average Bonchev–Trinajstić information content (AvgIpc) is 3.12. The molecule has 2 N–H and O–H groups in total. The Balaban J connectivity index is 1.79. The fourth-order valence-corrected chi connectivity index (χ4v) is 4.04. The fraction of sp³-hybridized carbons (Fsp3) is 0.214. The topological polar surface area (TPSA) is 64.7 Å². The Morgan fingerprint density at radius 1 is 0.943 bits per heavy atom. The Bertz CT molecular complexity index is 1300. The summed E-state index contributed by atoms with van der Waals surface area (Å²) in [4.78, 5) is 29.0. The summed E-state index contributed by atoms with van der Waals surface area (Å²) >= 11 is 0. The molecule has 0 fully saturated rings. The number of fused-ring (bicyclic) bond motifs is 1. The van der Waals surface area contributed by atoms with Gasteiger partial charge in [-0.15, -0.1) is 0 Å². The molecule has 0 unspecified atom stereocenters. The summed E-state index contributed by atoms with van der Waals surface area (Å²) in [5.41, 5.74) is 5.64. The van der Waals surface area contributed by atoms with Crippen molar-refractivity contribution in [3.8, 4) is 0 Å². The van der Waals surface area contributed by atoms with Crippen LogP contribution in [0.5, 0.6) is 0 Å². The van der Waals surface area contributed by atoms with Crippen LogP contribution in [0.4, 0.5) is 15.8 Å². The number of nitrogens with one attached hydrogen (secondary N) is 2. The molecule has 0 saturated heterocycles. The Labute approximate surface area is 205 Å². The molecular formula is C28H29FN4O2. The van der Waals surface area contributed by atoms with Crippen LogP contribution < -0.4 is 10.6 Å². The van der Waals surface area contributed by atoms with Gasteiger partial charge in [-0.05, 0) is 67.2 Å². The van der Waals surface area contributed by atoms with Gasteiger partial charge in [0.25, 0.3) is 5.91 Å². The zero-order chi connectivity index (χ0) is 25.1. The van der Waals surface area contributed by atoms with Gasteiger partial charge >= 0.3 is 0 Å². The lowest BCUT2D eigenvalue weighted by atomic mass is 9.98. The lowest BCUT2D eigenvalue weighted by Gasteiger charge is -2.17. The maximum absolute atomic E-state index is 13.8. The van der Waals surface area contributed by atoms with Gasteiger partial charge in [-0.25, -0.2) is 4.39 Å². The van der Waals surface area contributed by atoms with Crippen molar-refractivity contribution in [2.75, 3.05) is 38.8 Å². The SMILES string of the molecule is CN(C)Cc1ccc(N/C(=C2\C(=O)Nc3cc(F)ccc32)c2cccc(CC(=O)N(C)C)c2)cc1. The molecule has 7 heteroatoms. The normalized spacial score (nSPS) is 13.9. The summed E-state index contributed by atoms with van der Waals surface area (Å²) in [6.07, 6.45) is 0.247. The number of carbonyl (C=O) groups is 2. The van der Waals surface area contributed by atoms with Gasteiger partial charge in [0.15, 0.2) is 0 Å². The van der Waals surface area contributed by atoms with Gasteiger partial charge in [0.1, 0.15) is 5.82 Å². The molecule has 0 radical (unpaired) electrons. The molecule has 180 valence electrons. The molecular weight excluding hydrogens is 443 g/mol. The van der Waals surface area contributed by atoms with E-state index in [0.29, 0.717) is 22.5 Å². The van der Waals surface area contributed by atoms with Gasteiger partial charge in [0, 0.05) is 31.9 Å². The van der Waals surface area contributed by atoms with Crippen LogP contribution in [0.2, 0.25) is 0 Å². The Hall–Kier alpha value is -3.97. The molecule has 1 heterocycles. The minimum absolute atomic E-state index is 0.0137. The Morgan fingerprint density at radius 3 is 2.37 bits per heavy atom. The lowest BCUT2D eigenvalue weighted by molar-refractivity contribution is -0.128. The summed E-state index contributed by atoms with van der Waals surface area (Å²) in [5, 5.41) is 6.20. The highest BCUT2D eigenvalue weighted by molar-refractivity contribution is 6.37. The number of rotatable bonds is 7. The molecule has 0 aliphatic carbocycles. The maximum Gasteiger partial charge on any atom is 0.258 e. The third-order valence-electron chi connectivity index (χ3n) is 5.77. The first-order valence-electron chi connectivity index (χ1n) is 11.4. The molecule has 0 atom stereocenters. The standard InChI is InChI=1S/C28H29FN4O2/c1-32(2)17-18-8-11-22(12-9-18)30-27(20-7-5-6-19(14-20)15-25(34)33(3)4)26-23-13-10-21(29)16-24(23)31-28(26)35/h5-14,16,30H,15,17H2,1-4H3,(H,31,35)/b27-26-. The molecule has 2 amide bonds. The van der Waals surface area contributed by atoms with Crippen molar-refractivity contribution in [2.45, 2.75) is 13.0 Å². The van der Waals surface area contributed by atoms with E-state index < -0.39 is 5.82 Å². The second-order valence-corrected chi connectivity index (χ2v) is 9.12. The van der Waals surface area contributed by atoms with Crippen LogP contribution in [-0.4, -0.2) is 49.8 Å². The number of likely N-dealkylation sites (N-methyl/N-ethyl adjacent to an activating group) is 1. The molecule has 4 rings (SSSR count). The predicted octanol–water partition coefficient (Wildman–Crippen LogP) is 4.45. The average molecular weight is 473 g/mol. The molecule has 0 bridgehead atoms. The fourth-order valence-electron chi connectivity index (χ4n) is 4.04. The van der Waals surface area contributed by atoms with Crippen molar-refractivity contribution in [3.05, 3.63) is 94.8 Å². The van der Waals surface area contributed by atoms with E-state index in [2.05, 4.69) is 15.5 Å². The third kappa shape index (κ3) is 5.58. The Morgan fingerprint density at radius 2 is 1.69 bits per heavy atom. The van der Waals surface area contributed by atoms with Gasteiger partial charge in [0.05, 0.1) is 23.4 Å². The first-order valence-corrected chi connectivity index (χ1v) is 11.4. The minimum Gasteiger partial charge on any atom is -0.354 e. The van der Waals surface area contributed by atoms with E-state index in [0.717, 1.165) is 23.4 Å². The summed E-state index contributed by atoms with van der Waals surface area (Å²) in [6.45, 7) is 0.817. The molecule has 3 aromatic rings. The van der Waals surface area contributed by atoms with Crippen molar-refractivity contribution >= 4 is 34.5 Å². The molecule has 0 saturated carbocycles. The molecule has 0 spiro atoms. The van der Waals surface area contributed by atoms with E-state index in [-0.39, 0.29) is 18.2 Å². The van der Waals surface area contributed by atoms with Crippen molar-refractivity contribution < 1.29 is 14.0 Å². The number of nitrogens with zero attached hydrogens (tertiary/aromatic N) is 2. The lowest BCUT2D eigenvalue weighted by Crippen LogP contribution is -2.23. The summed E-state index contributed by atoms with van der Waals surface area (Å²) < 4.78 is 13.8. The van der Waals surface area contributed by atoms with Crippen molar-refractivity contribution in [2.24, 2.45) is 0 Å². The van der Waals surface area contributed by atoms with E-state index >= 15 is 0 Å². The number of carbonyl (C=O) groups excluding carboxylic acids is 2. The summed E-state index contributed by atoms with van der Waals surface area (Å²) in [7, 11) is 7.48. The number of halogens is 1. The van der Waals surface area contributed by atoms with Crippen LogP contribution in [-0.2, 0) is 22.6 Å². The van der Waals surface area contributed by atoms with Crippen LogP contribution in [0.15, 0.2) is 66.7 Å². The maximum atomic E-state index is 13.8. The highest BCUT2D eigenvalue weighted by Crippen LogP contribution is 2.38. The van der Waals surface area contributed by atoms with Gasteiger partial charge in [0.2, 0.25) is 5.91 Å². The zero-order valence-electron chi connectivity index (χ0n) is 20.4. The second-order valence-electron chi connectivity index (χ2n) is 9.12. The first kappa shape index (κ1) is 24.2. The van der Waals surface area contributed by atoms with Gasteiger partial charge in [-0.1, -0.05) is 30.3 Å². The molecule has 35 heavy (non-hydrogen) atoms. The van der Waals surface area contributed by atoms with E-state index in [4.69, 9.17) is 0 Å². The van der Waals surface area contributed by atoms with Crippen molar-refractivity contribution in [3.63, 3.8) is 0 Å². The minimum atomic E-state index is -0.416. The number of hydrogen-bond donors (Lipinski definition) is 2. The van der Waals surface area contributed by atoms with Crippen molar-refractivity contribution in [1.29, 1.82) is 0 Å². The van der Waals surface area contributed by atoms with E-state index in [1.807, 2.05) is 62.6 Å². The molecule has 1 aliphatic heterocycles. The zero-order valence-corrected chi connectivity index (χ0v) is 20.4. The van der Waals surface area contributed by atoms with E-state index in [1.165, 1.54) is 17.7 Å². The van der Waals surface area contributed by atoms with Gasteiger partial charge in [-0.2, -0.15) is 0 Å². The van der Waals surface area contributed by atoms with Crippen LogP contribution in [0.25, 0.3) is 11.3 Å². The number of benzene rings is 3. The highest BCUT2D eigenvalue weighted by Gasteiger charge is 2.29. The van der Waals surface area contributed by atoms with E-state index in [9.17, 15) is 14.0 Å². The summed E-state index contributed by atoms with van der Waals surface area (Å²) in [5.74, 6) is -0.743. The second kappa shape index (κ2) is 10.1. The first-order chi connectivity index (χ1) is 16.7. The van der Waals surface area contributed by atoms with Crippen LogP contribution >= 0.6 is 0 Å². The monoisotopic (exact) mass is 472 g/mol. The predicted molar refractivity (Wildman–Crippen MR) is 138 cm³/mol.